The van der Waals surface area contributed by atoms with Crippen LogP contribution in [0.1, 0.15) is 62.5 Å². The number of carboxylic acid groups (broad SMARTS) is 1. The molecule has 7 nitrogen and oxygen atoms in total. The number of fused-ring (bicyclic) bond motifs is 3. The SMILES string of the molecule is CCCC[C@H](NC(=O)OCC1c2ccccc2-c2ccccc21)C(=O)N(CCC(=O)O)CC1CC1. The summed E-state index contributed by atoms with van der Waals surface area (Å²) in [6, 6.07) is 15.6. The summed E-state index contributed by atoms with van der Waals surface area (Å²) in [6.45, 7) is 2.90. The van der Waals surface area contributed by atoms with E-state index in [0.717, 1.165) is 47.9 Å². The highest BCUT2D eigenvalue weighted by Gasteiger charge is 2.33. The lowest BCUT2D eigenvalue weighted by Crippen LogP contribution is -2.50. The lowest BCUT2D eigenvalue weighted by molar-refractivity contribution is -0.139. The molecule has 35 heavy (non-hydrogen) atoms. The van der Waals surface area contributed by atoms with E-state index in [1.54, 1.807) is 4.90 Å². The van der Waals surface area contributed by atoms with Gasteiger partial charge in [0.25, 0.3) is 0 Å². The number of rotatable bonds is 12. The topological polar surface area (TPSA) is 95.9 Å². The van der Waals surface area contributed by atoms with Crippen LogP contribution in [0.5, 0.6) is 0 Å². The zero-order valence-corrected chi connectivity index (χ0v) is 20.2. The van der Waals surface area contributed by atoms with Crippen LogP contribution in [0.25, 0.3) is 11.1 Å². The fourth-order valence-electron chi connectivity index (χ4n) is 4.80. The second-order valence-electron chi connectivity index (χ2n) is 9.54. The van der Waals surface area contributed by atoms with Crippen molar-refractivity contribution < 1.29 is 24.2 Å². The summed E-state index contributed by atoms with van der Waals surface area (Å²) in [5.41, 5.74) is 4.57. The predicted molar refractivity (Wildman–Crippen MR) is 133 cm³/mol. The van der Waals surface area contributed by atoms with Crippen LogP contribution in [0.15, 0.2) is 48.5 Å². The normalized spacial score (nSPS) is 15.1. The van der Waals surface area contributed by atoms with Crippen molar-refractivity contribution in [3.8, 4) is 11.1 Å². The van der Waals surface area contributed by atoms with E-state index in [9.17, 15) is 14.4 Å². The molecule has 1 saturated carbocycles. The third-order valence-corrected chi connectivity index (χ3v) is 6.86. The fraction of sp³-hybridized carbons (Fsp3) is 0.464. The van der Waals surface area contributed by atoms with Crippen LogP contribution in [-0.4, -0.2) is 53.7 Å². The predicted octanol–water partition coefficient (Wildman–Crippen LogP) is 4.80. The first-order valence-corrected chi connectivity index (χ1v) is 12.6. The molecule has 0 radical (unpaired) electrons. The zero-order chi connectivity index (χ0) is 24.8. The lowest BCUT2D eigenvalue weighted by atomic mass is 9.98. The number of unbranched alkanes of at least 4 members (excludes halogenated alkanes) is 1. The molecule has 0 aliphatic heterocycles. The molecule has 0 bridgehead atoms. The van der Waals surface area contributed by atoms with Gasteiger partial charge in [0, 0.05) is 19.0 Å². The zero-order valence-electron chi connectivity index (χ0n) is 20.2. The summed E-state index contributed by atoms with van der Waals surface area (Å²) in [7, 11) is 0. The third-order valence-electron chi connectivity index (χ3n) is 6.86. The molecule has 0 aromatic heterocycles. The minimum atomic E-state index is -0.937. The average molecular weight is 479 g/mol. The summed E-state index contributed by atoms with van der Waals surface area (Å²) in [4.78, 5) is 38.9. The number of benzene rings is 2. The van der Waals surface area contributed by atoms with E-state index in [0.29, 0.717) is 18.9 Å². The molecule has 4 rings (SSSR count). The number of nitrogens with zero attached hydrogens (tertiary/aromatic N) is 1. The molecule has 2 aliphatic carbocycles. The maximum absolute atomic E-state index is 13.3. The molecule has 0 unspecified atom stereocenters. The van der Waals surface area contributed by atoms with Gasteiger partial charge in [0.2, 0.25) is 5.91 Å². The molecular weight excluding hydrogens is 444 g/mol. The highest BCUT2D eigenvalue weighted by molar-refractivity contribution is 5.86. The summed E-state index contributed by atoms with van der Waals surface area (Å²) < 4.78 is 5.66. The first kappa shape index (κ1) is 24.8. The van der Waals surface area contributed by atoms with Crippen LogP contribution in [0.3, 0.4) is 0 Å². The van der Waals surface area contributed by atoms with Crippen molar-refractivity contribution in [3.05, 3.63) is 59.7 Å². The molecule has 2 aliphatic rings. The van der Waals surface area contributed by atoms with Gasteiger partial charge < -0.3 is 20.1 Å². The van der Waals surface area contributed by atoms with Gasteiger partial charge in [-0.3, -0.25) is 9.59 Å². The van der Waals surface area contributed by atoms with Gasteiger partial charge in [-0.2, -0.15) is 0 Å². The molecule has 1 atom stereocenters. The van der Waals surface area contributed by atoms with E-state index < -0.39 is 18.1 Å². The Bertz CT molecular complexity index is 1020. The molecule has 2 amide bonds. The van der Waals surface area contributed by atoms with E-state index in [4.69, 9.17) is 9.84 Å². The maximum atomic E-state index is 13.3. The van der Waals surface area contributed by atoms with Crippen LogP contribution in [0, 0.1) is 5.92 Å². The molecule has 7 heteroatoms. The van der Waals surface area contributed by atoms with Crippen molar-refractivity contribution in [2.75, 3.05) is 19.7 Å². The number of alkyl carbamates (subject to hydrolysis) is 1. The highest BCUT2D eigenvalue weighted by Crippen LogP contribution is 2.44. The van der Waals surface area contributed by atoms with E-state index >= 15 is 0 Å². The first-order chi connectivity index (χ1) is 17.0. The number of aliphatic carboxylic acids is 1. The smallest absolute Gasteiger partial charge is 0.407 e. The molecule has 186 valence electrons. The number of ether oxygens (including phenoxy) is 1. The van der Waals surface area contributed by atoms with Gasteiger partial charge in [-0.25, -0.2) is 4.79 Å². The third kappa shape index (κ3) is 6.21. The van der Waals surface area contributed by atoms with Crippen LogP contribution < -0.4 is 5.32 Å². The van der Waals surface area contributed by atoms with Crippen molar-refractivity contribution in [3.63, 3.8) is 0 Å². The molecule has 2 N–H and O–H groups in total. The molecule has 1 fully saturated rings. The Balaban J connectivity index is 1.41. The van der Waals surface area contributed by atoms with Gasteiger partial charge >= 0.3 is 12.1 Å². The summed E-state index contributed by atoms with van der Waals surface area (Å²) in [6.07, 6.45) is 3.53. The van der Waals surface area contributed by atoms with Crippen LogP contribution in [0.4, 0.5) is 4.79 Å². The van der Waals surface area contributed by atoms with Crippen molar-refractivity contribution in [1.82, 2.24) is 10.2 Å². The summed E-state index contributed by atoms with van der Waals surface area (Å²) in [5, 5.41) is 11.9. The van der Waals surface area contributed by atoms with Crippen molar-refractivity contribution in [1.29, 1.82) is 0 Å². The molecule has 0 heterocycles. The van der Waals surface area contributed by atoms with Crippen LogP contribution in [0.2, 0.25) is 0 Å². The quantitative estimate of drug-likeness (QED) is 0.457. The Labute approximate surface area is 206 Å². The molecule has 0 saturated heterocycles. The monoisotopic (exact) mass is 478 g/mol. The average Bonchev–Trinajstić information content (AvgIpc) is 3.63. The van der Waals surface area contributed by atoms with Crippen molar-refractivity contribution in [2.45, 2.75) is 57.4 Å². The van der Waals surface area contributed by atoms with Gasteiger partial charge in [-0.15, -0.1) is 0 Å². The van der Waals surface area contributed by atoms with Gasteiger partial charge in [-0.1, -0.05) is 68.3 Å². The Morgan fingerprint density at radius 1 is 1.06 bits per heavy atom. The fourth-order valence-corrected chi connectivity index (χ4v) is 4.80. The molecule has 0 spiro atoms. The van der Waals surface area contributed by atoms with Gasteiger partial charge in [0.1, 0.15) is 12.6 Å². The van der Waals surface area contributed by atoms with E-state index in [-0.39, 0.29) is 31.4 Å². The van der Waals surface area contributed by atoms with Crippen molar-refractivity contribution >= 4 is 18.0 Å². The number of nitrogens with one attached hydrogen (secondary N) is 1. The number of hydrogen-bond donors (Lipinski definition) is 2. The largest absolute Gasteiger partial charge is 0.481 e. The number of carbonyl (C=O) groups is 3. The van der Waals surface area contributed by atoms with Crippen LogP contribution >= 0.6 is 0 Å². The molecule has 2 aromatic rings. The Morgan fingerprint density at radius 2 is 1.69 bits per heavy atom. The maximum Gasteiger partial charge on any atom is 0.407 e. The highest BCUT2D eigenvalue weighted by atomic mass is 16.5. The number of carboxylic acids is 1. The Hall–Kier alpha value is -3.35. The second-order valence-corrected chi connectivity index (χ2v) is 9.54. The Morgan fingerprint density at radius 3 is 2.26 bits per heavy atom. The van der Waals surface area contributed by atoms with E-state index in [1.807, 2.05) is 31.2 Å². The lowest BCUT2D eigenvalue weighted by Gasteiger charge is -2.27. The molecular formula is C28H34N2O5. The summed E-state index contributed by atoms with van der Waals surface area (Å²) >= 11 is 0. The van der Waals surface area contributed by atoms with Crippen LogP contribution in [-0.2, 0) is 14.3 Å². The van der Waals surface area contributed by atoms with E-state index in [1.165, 1.54) is 0 Å². The van der Waals surface area contributed by atoms with Gasteiger partial charge in [-0.05, 0) is 47.4 Å². The Kier molecular flexibility index (Phi) is 8.06. The number of carbonyl (C=O) groups excluding carboxylic acids is 2. The standard InChI is InChI=1S/C28H34N2O5/c1-2-3-12-25(27(33)30(16-15-26(31)32)17-19-13-14-19)29-28(34)35-18-24-22-10-6-4-8-20(22)21-9-5-7-11-23(21)24/h4-11,19,24-25H,2-3,12-18H2,1H3,(H,29,34)(H,31,32)/t25-/m0/s1. The molecule has 2 aromatic carbocycles. The second kappa shape index (κ2) is 11.4. The van der Waals surface area contributed by atoms with Crippen molar-refractivity contribution in [2.24, 2.45) is 5.92 Å². The first-order valence-electron chi connectivity index (χ1n) is 12.6. The van der Waals surface area contributed by atoms with Gasteiger partial charge in [0.15, 0.2) is 0 Å². The van der Waals surface area contributed by atoms with E-state index in [2.05, 4.69) is 29.6 Å². The number of amides is 2. The van der Waals surface area contributed by atoms with Gasteiger partial charge in [0.05, 0.1) is 6.42 Å². The minimum absolute atomic E-state index is 0.0557. The number of hydrogen-bond acceptors (Lipinski definition) is 4. The summed E-state index contributed by atoms with van der Waals surface area (Å²) in [5.74, 6) is -0.790. The minimum Gasteiger partial charge on any atom is -0.481 e.